The van der Waals surface area contributed by atoms with E-state index in [0.717, 1.165) is 11.1 Å². The minimum absolute atomic E-state index is 0.672. The minimum atomic E-state index is 0.672. The maximum atomic E-state index is 9.27. The minimum Gasteiger partial charge on any atom is -0.192 e. The highest BCUT2D eigenvalue weighted by Crippen LogP contribution is 2.58. The van der Waals surface area contributed by atoms with Crippen LogP contribution in [0.25, 0.3) is 99.1 Å². The van der Waals surface area contributed by atoms with Gasteiger partial charge in [0.2, 0.25) is 0 Å². The molecule has 0 saturated carbocycles. The van der Waals surface area contributed by atoms with Gasteiger partial charge in [0.25, 0.3) is 0 Å². The Morgan fingerprint density at radius 3 is 1.48 bits per heavy atom. The lowest BCUT2D eigenvalue weighted by molar-refractivity contribution is 1.48. The largest absolute Gasteiger partial charge is 0.192 e. The third kappa shape index (κ3) is 4.26. The lowest BCUT2D eigenvalue weighted by atomic mass is 9.82. The van der Waals surface area contributed by atoms with Crippen LogP contribution in [0.4, 0.5) is 0 Å². The summed E-state index contributed by atoms with van der Waals surface area (Å²) in [6.07, 6.45) is 0. The van der Waals surface area contributed by atoms with Crippen LogP contribution >= 0.6 is 0 Å². The van der Waals surface area contributed by atoms with Crippen molar-refractivity contribution in [1.29, 1.82) is 5.26 Å². The fraction of sp³-hybridized carbons (Fsp3) is 0. The summed E-state index contributed by atoms with van der Waals surface area (Å²) in [5.74, 6) is 0. The third-order valence-corrected chi connectivity index (χ3v) is 10.4. The Labute approximate surface area is 291 Å². The van der Waals surface area contributed by atoms with Crippen molar-refractivity contribution >= 4 is 32.3 Å². The van der Waals surface area contributed by atoms with Gasteiger partial charge in [-0.25, -0.2) is 0 Å². The first-order valence-electron chi connectivity index (χ1n) is 17.1. The molecule has 9 aromatic rings. The molecule has 10 rings (SSSR count). The van der Waals surface area contributed by atoms with Gasteiger partial charge in [0.1, 0.15) is 0 Å². The number of benzene rings is 9. The molecule has 1 heteroatoms. The monoisotopic (exact) mass is 631 g/mol. The van der Waals surface area contributed by atoms with Gasteiger partial charge in [0, 0.05) is 0 Å². The summed E-state index contributed by atoms with van der Waals surface area (Å²) in [4.78, 5) is 0. The van der Waals surface area contributed by atoms with E-state index in [0.29, 0.717) is 5.56 Å². The molecule has 1 aliphatic rings. The molecule has 0 aromatic heterocycles. The summed E-state index contributed by atoms with van der Waals surface area (Å²) in [5, 5.41) is 16.8. The van der Waals surface area contributed by atoms with Crippen LogP contribution < -0.4 is 0 Å². The molecule has 1 nitrogen and oxygen atoms in total. The molecule has 0 aliphatic heterocycles. The van der Waals surface area contributed by atoms with Crippen LogP contribution in [0.2, 0.25) is 0 Å². The highest BCUT2D eigenvalue weighted by Gasteiger charge is 2.31. The standard InChI is InChI=1S/C49H29N/c50-30-31-18-20-32(21-19-31)36-24-22-33-23-25-37(29-38(33)28-36)39-26-27-44-47-40(39)16-9-17-43(47)48-45(34-10-3-1-4-11-34)41-14-7-8-15-42(41)46(49(44)48)35-12-5-2-6-13-35/h1-29H. The van der Waals surface area contributed by atoms with Gasteiger partial charge in [0.15, 0.2) is 0 Å². The van der Waals surface area contributed by atoms with E-state index >= 15 is 0 Å². The summed E-state index contributed by atoms with van der Waals surface area (Å²) in [7, 11) is 0. The van der Waals surface area contributed by atoms with Gasteiger partial charge in [-0.2, -0.15) is 5.26 Å². The molecule has 0 bridgehead atoms. The van der Waals surface area contributed by atoms with E-state index in [1.807, 2.05) is 24.3 Å². The first-order valence-corrected chi connectivity index (χ1v) is 17.1. The van der Waals surface area contributed by atoms with Crippen LogP contribution in [0.3, 0.4) is 0 Å². The molecular formula is C49H29N. The van der Waals surface area contributed by atoms with Crippen LogP contribution in [0, 0.1) is 11.3 Å². The zero-order valence-electron chi connectivity index (χ0n) is 27.2. The van der Waals surface area contributed by atoms with Crippen molar-refractivity contribution in [3.63, 3.8) is 0 Å². The molecule has 0 radical (unpaired) electrons. The predicted octanol–water partition coefficient (Wildman–Crippen LogP) is 13.3. The van der Waals surface area contributed by atoms with Crippen molar-refractivity contribution in [3.05, 3.63) is 181 Å². The predicted molar refractivity (Wildman–Crippen MR) is 210 cm³/mol. The van der Waals surface area contributed by atoms with E-state index in [4.69, 9.17) is 0 Å². The molecule has 230 valence electrons. The van der Waals surface area contributed by atoms with E-state index in [1.165, 1.54) is 88.0 Å². The zero-order valence-corrected chi connectivity index (χ0v) is 27.2. The summed E-state index contributed by atoms with van der Waals surface area (Å²) in [6, 6.07) is 65.7. The lowest BCUT2D eigenvalue weighted by Crippen LogP contribution is -1.93. The summed E-state index contributed by atoms with van der Waals surface area (Å²) < 4.78 is 0. The third-order valence-electron chi connectivity index (χ3n) is 10.4. The van der Waals surface area contributed by atoms with Crippen LogP contribution in [-0.4, -0.2) is 0 Å². The molecule has 0 saturated heterocycles. The summed E-state index contributed by atoms with van der Waals surface area (Å²) >= 11 is 0. The average Bonchev–Trinajstić information content (AvgIpc) is 3.52. The van der Waals surface area contributed by atoms with Crippen LogP contribution in [0.1, 0.15) is 5.56 Å². The van der Waals surface area contributed by atoms with Gasteiger partial charge in [-0.3, -0.25) is 0 Å². The van der Waals surface area contributed by atoms with Crippen LogP contribution in [-0.2, 0) is 0 Å². The Hall–Kier alpha value is -6.75. The first kappa shape index (κ1) is 28.3. The van der Waals surface area contributed by atoms with Crippen molar-refractivity contribution in [2.75, 3.05) is 0 Å². The molecule has 1 aliphatic carbocycles. The number of fused-ring (bicyclic) bond motifs is 5. The van der Waals surface area contributed by atoms with Crippen molar-refractivity contribution in [1.82, 2.24) is 0 Å². The molecule has 0 spiro atoms. The fourth-order valence-electron chi connectivity index (χ4n) is 8.19. The SMILES string of the molecule is N#Cc1ccc(-c2ccc3ccc(-c4ccc5c6c(cccc46)-c4c-5c(-c5ccccc5)c5ccccc5c4-c4ccccc4)cc3c2)cc1. The number of nitrogens with zero attached hydrogens (tertiary/aromatic N) is 1. The maximum Gasteiger partial charge on any atom is 0.0991 e. The van der Waals surface area contributed by atoms with E-state index in [-0.39, 0.29) is 0 Å². The summed E-state index contributed by atoms with van der Waals surface area (Å²) in [5.41, 5.74) is 15.6. The molecule has 50 heavy (non-hydrogen) atoms. The molecule has 0 atom stereocenters. The van der Waals surface area contributed by atoms with Crippen molar-refractivity contribution in [3.8, 4) is 72.8 Å². The second-order valence-corrected chi connectivity index (χ2v) is 13.1. The first-order chi connectivity index (χ1) is 24.8. The number of nitriles is 1. The highest BCUT2D eigenvalue weighted by molar-refractivity contribution is 6.28. The van der Waals surface area contributed by atoms with E-state index in [9.17, 15) is 5.26 Å². The molecular weight excluding hydrogens is 603 g/mol. The zero-order chi connectivity index (χ0) is 33.2. The lowest BCUT2D eigenvalue weighted by Gasteiger charge is -2.20. The van der Waals surface area contributed by atoms with Gasteiger partial charge in [0.05, 0.1) is 11.6 Å². The normalized spacial score (nSPS) is 11.6. The Morgan fingerprint density at radius 1 is 0.320 bits per heavy atom. The van der Waals surface area contributed by atoms with E-state index in [2.05, 4.69) is 158 Å². The van der Waals surface area contributed by atoms with Gasteiger partial charge >= 0.3 is 0 Å². The number of hydrogen-bond acceptors (Lipinski definition) is 1. The van der Waals surface area contributed by atoms with Gasteiger partial charge in [-0.05, 0) is 123 Å². The van der Waals surface area contributed by atoms with Crippen molar-refractivity contribution in [2.45, 2.75) is 0 Å². The molecule has 9 aromatic carbocycles. The maximum absolute atomic E-state index is 9.27. The number of rotatable bonds is 4. The van der Waals surface area contributed by atoms with Crippen molar-refractivity contribution < 1.29 is 0 Å². The smallest absolute Gasteiger partial charge is 0.0991 e. The van der Waals surface area contributed by atoms with Crippen LogP contribution in [0.15, 0.2) is 176 Å². The van der Waals surface area contributed by atoms with Gasteiger partial charge in [-0.1, -0.05) is 152 Å². The molecule has 0 N–H and O–H groups in total. The molecule has 0 unspecified atom stereocenters. The highest BCUT2D eigenvalue weighted by atomic mass is 14.3. The topological polar surface area (TPSA) is 23.8 Å². The summed E-state index contributed by atoms with van der Waals surface area (Å²) in [6.45, 7) is 0. The van der Waals surface area contributed by atoms with E-state index in [1.54, 1.807) is 0 Å². The van der Waals surface area contributed by atoms with Gasteiger partial charge in [-0.15, -0.1) is 0 Å². The fourth-order valence-corrected chi connectivity index (χ4v) is 8.19. The molecule has 0 amide bonds. The Bertz CT molecular complexity index is 2750. The van der Waals surface area contributed by atoms with Gasteiger partial charge < -0.3 is 0 Å². The second-order valence-electron chi connectivity index (χ2n) is 13.1. The Kier molecular flexibility index (Phi) is 6.31. The second kappa shape index (κ2) is 11.2. The molecule has 0 fully saturated rings. The number of hydrogen-bond donors (Lipinski definition) is 0. The quantitative estimate of drug-likeness (QED) is 0.190. The van der Waals surface area contributed by atoms with Crippen molar-refractivity contribution in [2.24, 2.45) is 0 Å². The Morgan fingerprint density at radius 2 is 0.840 bits per heavy atom. The average molecular weight is 632 g/mol. The van der Waals surface area contributed by atoms with E-state index < -0.39 is 0 Å². The molecule has 0 heterocycles. The van der Waals surface area contributed by atoms with Crippen LogP contribution in [0.5, 0.6) is 0 Å². The Balaban J connectivity index is 1.23.